The minimum atomic E-state index is -0.514. The van der Waals surface area contributed by atoms with Crippen LogP contribution in [0.3, 0.4) is 0 Å². The third kappa shape index (κ3) is 3.91. The molecule has 0 fully saturated rings. The molecule has 0 aliphatic carbocycles. The van der Waals surface area contributed by atoms with Gasteiger partial charge in [-0.15, -0.1) is 0 Å². The van der Waals surface area contributed by atoms with Crippen LogP contribution >= 0.6 is 31.9 Å². The molecule has 0 aromatic heterocycles. The molecule has 0 saturated carbocycles. The number of carbonyl (C=O) groups is 1. The zero-order valence-electron chi connectivity index (χ0n) is 10.6. The zero-order valence-corrected chi connectivity index (χ0v) is 13.8. The van der Waals surface area contributed by atoms with Crippen molar-refractivity contribution in [3.63, 3.8) is 0 Å². The molecule has 1 atom stereocenters. The lowest BCUT2D eigenvalue weighted by atomic mass is 10.1. The second kappa shape index (κ2) is 7.02. The highest BCUT2D eigenvalue weighted by Gasteiger charge is 2.17. The fourth-order valence-corrected chi connectivity index (χ4v) is 2.53. The number of hydrogen-bond acceptors (Lipinski definition) is 2. The Hall–Kier alpha value is -1.17. The molecule has 0 heterocycles. The number of amides is 1. The first kappa shape index (κ1) is 15.2. The molecule has 1 unspecified atom stereocenters. The summed E-state index contributed by atoms with van der Waals surface area (Å²) in [5, 5.41) is 3.19. The largest absolute Gasteiger partial charge is 0.368 e. The van der Waals surface area contributed by atoms with Crippen LogP contribution < -0.4 is 11.1 Å². The lowest BCUT2D eigenvalue weighted by molar-refractivity contribution is -0.120. The standard InChI is InChI=1S/C15H14Br2N2O/c16-12-7-6-11(8-13(12)17)14(15(18)20)19-9-10-4-2-1-3-5-10/h1-8,14,19H,9H2,(H2,18,20). The van der Waals surface area contributed by atoms with Crippen LogP contribution in [0.4, 0.5) is 0 Å². The first-order valence-electron chi connectivity index (χ1n) is 6.09. The molecule has 0 aliphatic heterocycles. The Morgan fingerprint density at radius 2 is 1.80 bits per heavy atom. The maximum absolute atomic E-state index is 11.7. The highest BCUT2D eigenvalue weighted by Crippen LogP contribution is 2.26. The molecule has 0 radical (unpaired) electrons. The monoisotopic (exact) mass is 396 g/mol. The van der Waals surface area contributed by atoms with Crippen molar-refractivity contribution >= 4 is 37.8 Å². The molecule has 104 valence electrons. The van der Waals surface area contributed by atoms with Crippen molar-refractivity contribution in [2.45, 2.75) is 12.6 Å². The Kier molecular flexibility index (Phi) is 5.34. The third-order valence-electron chi connectivity index (χ3n) is 2.91. The number of primary amides is 1. The normalized spacial score (nSPS) is 12.1. The SMILES string of the molecule is NC(=O)C(NCc1ccccc1)c1ccc(Br)c(Br)c1. The van der Waals surface area contributed by atoms with E-state index in [1.165, 1.54) is 0 Å². The lowest BCUT2D eigenvalue weighted by Gasteiger charge is -2.16. The first-order chi connectivity index (χ1) is 9.58. The van der Waals surface area contributed by atoms with Gasteiger partial charge in [-0.05, 0) is 55.1 Å². The van der Waals surface area contributed by atoms with E-state index in [4.69, 9.17) is 5.73 Å². The van der Waals surface area contributed by atoms with Gasteiger partial charge in [0.15, 0.2) is 0 Å². The molecule has 2 rings (SSSR count). The average molecular weight is 398 g/mol. The van der Waals surface area contributed by atoms with Gasteiger partial charge in [0.2, 0.25) is 5.91 Å². The van der Waals surface area contributed by atoms with E-state index in [2.05, 4.69) is 37.2 Å². The predicted octanol–water partition coefficient (Wildman–Crippen LogP) is 3.53. The van der Waals surface area contributed by atoms with Crippen molar-refractivity contribution in [3.05, 3.63) is 68.6 Å². The summed E-state index contributed by atoms with van der Waals surface area (Å²) in [5.74, 6) is -0.393. The fourth-order valence-electron chi connectivity index (χ4n) is 1.89. The molecule has 3 N–H and O–H groups in total. The Balaban J connectivity index is 2.15. The lowest BCUT2D eigenvalue weighted by Crippen LogP contribution is -2.33. The highest BCUT2D eigenvalue weighted by atomic mass is 79.9. The van der Waals surface area contributed by atoms with Crippen LogP contribution in [-0.4, -0.2) is 5.91 Å². The summed E-state index contributed by atoms with van der Waals surface area (Å²) in [4.78, 5) is 11.7. The van der Waals surface area contributed by atoms with Gasteiger partial charge in [0.25, 0.3) is 0 Å². The molecule has 0 aliphatic rings. The second-order valence-electron chi connectivity index (χ2n) is 4.38. The van der Waals surface area contributed by atoms with E-state index in [1.54, 1.807) is 0 Å². The predicted molar refractivity (Wildman–Crippen MR) is 87.1 cm³/mol. The summed E-state index contributed by atoms with van der Waals surface area (Å²) in [5.41, 5.74) is 7.44. The van der Waals surface area contributed by atoms with Gasteiger partial charge in [0.1, 0.15) is 6.04 Å². The number of hydrogen-bond donors (Lipinski definition) is 2. The Labute approximate surface area is 134 Å². The minimum Gasteiger partial charge on any atom is -0.368 e. The van der Waals surface area contributed by atoms with Crippen LogP contribution in [0.2, 0.25) is 0 Å². The molecular formula is C15H14Br2N2O. The summed E-state index contributed by atoms with van der Waals surface area (Å²) in [7, 11) is 0. The molecule has 0 spiro atoms. The zero-order chi connectivity index (χ0) is 14.5. The fraction of sp³-hybridized carbons (Fsp3) is 0.133. The molecular weight excluding hydrogens is 384 g/mol. The van der Waals surface area contributed by atoms with Gasteiger partial charge in [-0.2, -0.15) is 0 Å². The number of rotatable bonds is 5. The van der Waals surface area contributed by atoms with Crippen LogP contribution in [0.5, 0.6) is 0 Å². The smallest absolute Gasteiger partial charge is 0.239 e. The molecule has 2 aromatic rings. The van der Waals surface area contributed by atoms with Crippen molar-refractivity contribution < 1.29 is 4.79 Å². The Morgan fingerprint density at radius 3 is 2.40 bits per heavy atom. The maximum atomic E-state index is 11.7. The number of halogens is 2. The van der Waals surface area contributed by atoms with Gasteiger partial charge >= 0.3 is 0 Å². The van der Waals surface area contributed by atoms with E-state index >= 15 is 0 Å². The number of nitrogens with two attached hydrogens (primary N) is 1. The average Bonchev–Trinajstić information content (AvgIpc) is 2.43. The molecule has 0 bridgehead atoms. The van der Waals surface area contributed by atoms with Gasteiger partial charge in [0, 0.05) is 15.5 Å². The summed E-state index contributed by atoms with van der Waals surface area (Å²) < 4.78 is 1.83. The van der Waals surface area contributed by atoms with E-state index in [0.717, 1.165) is 20.1 Å². The first-order valence-corrected chi connectivity index (χ1v) is 7.68. The molecule has 20 heavy (non-hydrogen) atoms. The van der Waals surface area contributed by atoms with E-state index in [9.17, 15) is 4.79 Å². The van der Waals surface area contributed by atoms with E-state index < -0.39 is 11.9 Å². The van der Waals surface area contributed by atoms with Crippen molar-refractivity contribution in [1.29, 1.82) is 0 Å². The summed E-state index contributed by atoms with van der Waals surface area (Å²) in [6.07, 6.45) is 0. The quantitative estimate of drug-likeness (QED) is 0.810. The maximum Gasteiger partial charge on any atom is 0.239 e. The van der Waals surface area contributed by atoms with E-state index in [1.807, 2.05) is 48.5 Å². The van der Waals surface area contributed by atoms with E-state index in [0.29, 0.717) is 6.54 Å². The molecule has 0 saturated heterocycles. The Morgan fingerprint density at radius 1 is 1.10 bits per heavy atom. The van der Waals surface area contributed by atoms with Crippen molar-refractivity contribution in [2.24, 2.45) is 5.73 Å². The topological polar surface area (TPSA) is 55.1 Å². The van der Waals surface area contributed by atoms with Crippen molar-refractivity contribution in [2.75, 3.05) is 0 Å². The Bertz CT molecular complexity index is 602. The summed E-state index contributed by atoms with van der Waals surface area (Å²) in [6.45, 7) is 0.585. The molecule has 5 heteroatoms. The van der Waals surface area contributed by atoms with Crippen LogP contribution in [0.15, 0.2) is 57.5 Å². The number of carbonyl (C=O) groups excluding carboxylic acids is 1. The van der Waals surface area contributed by atoms with Gasteiger partial charge in [-0.3, -0.25) is 10.1 Å². The van der Waals surface area contributed by atoms with Gasteiger partial charge in [0.05, 0.1) is 0 Å². The number of benzene rings is 2. The van der Waals surface area contributed by atoms with Crippen molar-refractivity contribution in [3.8, 4) is 0 Å². The summed E-state index contributed by atoms with van der Waals surface area (Å²) in [6, 6.07) is 15.0. The minimum absolute atomic E-state index is 0.393. The van der Waals surface area contributed by atoms with E-state index in [-0.39, 0.29) is 0 Å². The summed E-state index contributed by atoms with van der Waals surface area (Å²) >= 11 is 6.84. The van der Waals surface area contributed by atoms with Crippen LogP contribution in [0.1, 0.15) is 17.2 Å². The molecule has 3 nitrogen and oxygen atoms in total. The van der Waals surface area contributed by atoms with Gasteiger partial charge in [-0.25, -0.2) is 0 Å². The van der Waals surface area contributed by atoms with Gasteiger partial charge < -0.3 is 5.73 Å². The third-order valence-corrected chi connectivity index (χ3v) is 4.79. The van der Waals surface area contributed by atoms with Crippen LogP contribution in [0, 0.1) is 0 Å². The molecule has 2 aromatic carbocycles. The highest BCUT2D eigenvalue weighted by molar-refractivity contribution is 9.13. The van der Waals surface area contributed by atoms with Crippen molar-refractivity contribution in [1.82, 2.24) is 5.32 Å². The molecule has 1 amide bonds. The van der Waals surface area contributed by atoms with Crippen LogP contribution in [-0.2, 0) is 11.3 Å². The second-order valence-corrected chi connectivity index (χ2v) is 6.08. The number of nitrogens with one attached hydrogen (secondary N) is 1. The van der Waals surface area contributed by atoms with Gasteiger partial charge in [-0.1, -0.05) is 36.4 Å². The van der Waals surface area contributed by atoms with Crippen LogP contribution in [0.25, 0.3) is 0 Å².